The number of aromatic nitrogens is 6. The van der Waals surface area contributed by atoms with E-state index in [0.29, 0.717) is 62.8 Å². The van der Waals surface area contributed by atoms with Gasteiger partial charge in [0, 0.05) is 41.4 Å². The lowest BCUT2D eigenvalue weighted by atomic mass is 9.87. The highest BCUT2D eigenvalue weighted by Gasteiger charge is 2.19. The van der Waals surface area contributed by atoms with Crippen LogP contribution in [-0.2, 0) is 21.4 Å². The van der Waals surface area contributed by atoms with Crippen LogP contribution < -0.4 is 10.0 Å². The number of benzene rings is 2. The number of H-pyrrole nitrogens is 2. The molecule has 1 aliphatic rings. The summed E-state index contributed by atoms with van der Waals surface area (Å²) in [7, 11) is -3.45. The van der Waals surface area contributed by atoms with Gasteiger partial charge < -0.3 is 10.3 Å². The van der Waals surface area contributed by atoms with Crippen LogP contribution in [0.3, 0.4) is 0 Å². The number of hydrogen-bond acceptors (Lipinski definition) is 7. The van der Waals surface area contributed by atoms with Gasteiger partial charge in [0.15, 0.2) is 5.82 Å². The van der Waals surface area contributed by atoms with E-state index in [1.165, 1.54) is 31.4 Å². The second-order valence-corrected chi connectivity index (χ2v) is 14.0. The summed E-state index contributed by atoms with van der Waals surface area (Å²) in [4.78, 5) is 29.9. The molecule has 1 amide bonds. The number of fused-ring (bicyclic) bond motifs is 2. The molecule has 7 rings (SSSR count). The standard InChI is InChI=1S/C34H33FN8O3S/c1-47(45,46)38-16-21-10-23(13-24(35)11-21)27-17-36-18-30-32(27)41-34(40-30)33-26-15-28(37-19-29(26)42-43-33)22-8-5-9-25(14-22)39-31(44)12-20-6-3-2-4-7-20/h5,8-11,13-15,17-20,38H,2-4,6-7,12,16H2,1H3,(H,39,44)(H,40,41)(H,42,43). The van der Waals surface area contributed by atoms with Crippen molar-refractivity contribution >= 4 is 43.6 Å². The number of rotatable bonds is 9. The van der Waals surface area contributed by atoms with Crippen molar-refractivity contribution in [1.29, 1.82) is 0 Å². The molecule has 11 nitrogen and oxygen atoms in total. The van der Waals surface area contributed by atoms with Gasteiger partial charge in [-0.15, -0.1) is 0 Å². The minimum Gasteiger partial charge on any atom is -0.335 e. The molecule has 1 aliphatic carbocycles. The van der Waals surface area contributed by atoms with Crippen LogP contribution in [0.25, 0.3) is 55.8 Å². The first-order valence-corrected chi connectivity index (χ1v) is 17.4. The number of aromatic amines is 2. The zero-order valence-corrected chi connectivity index (χ0v) is 26.5. The number of anilines is 1. The fraction of sp³-hybridized carbons (Fsp3) is 0.265. The van der Waals surface area contributed by atoms with Crippen LogP contribution >= 0.6 is 0 Å². The largest absolute Gasteiger partial charge is 0.335 e. The van der Waals surface area contributed by atoms with Crippen molar-refractivity contribution in [2.45, 2.75) is 45.1 Å². The zero-order chi connectivity index (χ0) is 32.5. The van der Waals surface area contributed by atoms with Gasteiger partial charge in [0.25, 0.3) is 0 Å². The Morgan fingerprint density at radius 2 is 1.85 bits per heavy atom. The van der Waals surface area contributed by atoms with Crippen LogP contribution in [0.2, 0.25) is 0 Å². The lowest BCUT2D eigenvalue weighted by Crippen LogP contribution is -2.21. The number of nitrogens with one attached hydrogen (secondary N) is 4. The van der Waals surface area contributed by atoms with Gasteiger partial charge in [-0.05, 0) is 66.3 Å². The van der Waals surface area contributed by atoms with Gasteiger partial charge >= 0.3 is 0 Å². The first-order chi connectivity index (χ1) is 22.7. The summed E-state index contributed by atoms with van der Waals surface area (Å²) in [5.74, 6) is 0.466. The quantitative estimate of drug-likeness (QED) is 0.142. The number of imidazole rings is 1. The van der Waals surface area contributed by atoms with Crippen molar-refractivity contribution in [1.82, 2.24) is 34.9 Å². The SMILES string of the molecule is CS(=O)(=O)NCc1cc(F)cc(-c2cncc3[nH]c(-c4n[nH]c5cnc(-c6cccc(NC(=O)CC7CCCCC7)c6)cc45)nc23)c1. The van der Waals surface area contributed by atoms with Crippen molar-refractivity contribution in [3.05, 3.63) is 78.5 Å². The maximum atomic E-state index is 14.6. The second-order valence-electron chi connectivity index (χ2n) is 12.1. The van der Waals surface area contributed by atoms with E-state index in [-0.39, 0.29) is 12.5 Å². The maximum Gasteiger partial charge on any atom is 0.224 e. The van der Waals surface area contributed by atoms with E-state index in [2.05, 4.69) is 35.2 Å². The molecule has 47 heavy (non-hydrogen) atoms. The molecule has 0 aliphatic heterocycles. The van der Waals surface area contributed by atoms with E-state index in [1.807, 2.05) is 30.3 Å². The molecule has 0 spiro atoms. The van der Waals surface area contributed by atoms with Gasteiger partial charge in [0.05, 0.1) is 40.9 Å². The Labute approximate surface area is 270 Å². The Balaban J connectivity index is 1.18. The van der Waals surface area contributed by atoms with Crippen LogP contribution in [0, 0.1) is 11.7 Å². The zero-order valence-electron chi connectivity index (χ0n) is 25.7. The van der Waals surface area contributed by atoms with Crippen molar-refractivity contribution in [2.24, 2.45) is 5.92 Å². The summed E-state index contributed by atoms with van der Waals surface area (Å²) in [6.45, 7) is -0.0514. The summed E-state index contributed by atoms with van der Waals surface area (Å²) in [6, 6.07) is 13.9. The van der Waals surface area contributed by atoms with E-state index >= 15 is 0 Å². The number of nitrogens with zero attached hydrogens (tertiary/aromatic N) is 4. The normalized spacial score (nSPS) is 14.2. The van der Waals surface area contributed by atoms with Crippen molar-refractivity contribution in [3.8, 4) is 33.9 Å². The Hall–Kier alpha value is -5.01. The third kappa shape index (κ3) is 6.91. The molecule has 1 fully saturated rings. The van der Waals surface area contributed by atoms with Crippen molar-refractivity contribution in [3.63, 3.8) is 0 Å². The highest BCUT2D eigenvalue weighted by atomic mass is 32.2. The highest BCUT2D eigenvalue weighted by Crippen LogP contribution is 2.33. The van der Waals surface area contributed by atoms with Gasteiger partial charge in [0.2, 0.25) is 15.9 Å². The van der Waals surface area contributed by atoms with Gasteiger partial charge in [-0.1, -0.05) is 31.4 Å². The molecule has 2 aromatic carbocycles. The topological polar surface area (TPSA) is 158 Å². The van der Waals surface area contributed by atoms with E-state index in [1.54, 1.807) is 24.7 Å². The van der Waals surface area contributed by atoms with Gasteiger partial charge in [0.1, 0.15) is 11.5 Å². The summed E-state index contributed by atoms with van der Waals surface area (Å²) in [5.41, 5.74) is 6.30. The number of carbonyl (C=O) groups is 1. The number of carbonyl (C=O) groups excluding carboxylic acids is 1. The average molecular weight is 653 g/mol. The van der Waals surface area contributed by atoms with Crippen LogP contribution in [-0.4, -0.2) is 50.7 Å². The molecule has 13 heteroatoms. The molecule has 0 unspecified atom stereocenters. The molecule has 4 aromatic heterocycles. The molecule has 240 valence electrons. The predicted octanol–water partition coefficient (Wildman–Crippen LogP) is 6.33. The van der Waals surface area contributed by atoms with Gasteiger partial charge in [-0.3, -0.25) is 19.9 Å². The van der Waals surface area contributed by atoms with E-state index in [0.717, 1.165) is 35.7 Å². The molecular weight excluding hydrogens is 619 g/mol. The molecule has 4 heterocycles. The lowest BCUT2D eigenvalue weighted by molar-refractivity contribution is -0.117. The molecule has 0 bridgehead atoms. The molecule has 6 aromatic rings. The second kappa shape index (κ2) is 12.6. The Bertz CT molecular complexity index is 2220. The first kappa shape index (κ1) is 30.6. The minimum atomic E-state index is -3.45. The van der Waals surface area contributed by atoms with Gasteiger partial charge in [-0.2, -0.15) is 5.10 Å². The smallest absolute Gasteiger partial charge is 0.224 e. The van der Waals surface area contributed by atoms with Crippen molar-refractivity contribution < 1.29 is 17.6 Å². The van der Waals surface area contributed by atoms with Crippen LogP contribution in [0.5, 0.6) is 0 Å². The fourth-order valence-corrected chi connectivity index (χ4v) is 6.68. The number of pyridine rings is 2. The highest BCUT2D eigenvalue weighted by molar-refractivity contribution is 7.88. The van der Waals surface area contributed by atoms with Gasteiger partial charge in [-0.25, -0.2) is 22.5 Å². The number of halogens is 1. The molecule has 0 saturated heterocycles. The fourth-order valence-electron chi connectivity index (χ4n) is 6.26. The summed E-state index contributed by atoms with van der Waals surface area (Å²) in [6.07, 6.45) is 12.4. The van der Waals surface area contributed by atoms with E-state index in [4.69, 9.17) is 4.98 Å². The number of sulfonamides is 1. The van der Waals surface area contributed by atoms with E-state index < -0.39 is 15.8 Å². The maximum absolute atomic E-state index is 14.6. The van der Waals surface area contributed by atoms with Crippen LogP contribution in [0.1, 0.15) is 44.1 Å². The third-order valence-electron chi connectivity index (χ3n) is 8.51. The Morgan fingerprint density at radius 3 is 2.68 bits per heavy atom. The number of amides is 1. The summed E-state index contributed by atoms with van der Waals surface area (Å²) < 4.78 is 40.2. The minimum absolute atomic E-state index is 0.0355. The average Bonchev–Trinajstić information content (AvgIpc) is 3.68. The molecular formula is C34H33FN8O3S. The summed E-state index contributed by atoms with van der Waals surface area (Å²) >= 11 is 0. The Morgan fingerprint density at radius 1 is 1.00 bits per heavy atom. The predicted molar refractivity (Wildman–Crippen MR) is 179 cm³/mol. The summed E-state index contributed by atoms with van der Waals surface area (Å²) in [5, 5.41) is 11.4. The first-order valence-electron chi connectivity index (χ1n) is 15.5. The van der Waals surface area contributed by atoms with Crippen LogP contribution in [0.4, 0.5) is 10.1 Å². The third-order valence-corrected chi connectivity index (χ3v) is 9.18. The van der Waals surface area contributed by atoms with Crippen LogP contribution in [0.15, 0.2) is 67.1 Å². The van der Waals surface area contributed by atoms with Crippen molar-refractivity contribution in [2.75, 3.05) is 11.6 Å². The molecule has 0 radical (unpaired) electrons. The lowest BCUT2D eigenvalue weighted by Gasteiger charge is -2.20. The molecule has 0 atom stereocenters. The molecule has 1 saturated carbocycles. The van der Waals surface area contributed by atoms with E-state index in [9.17, 15) is 17.6 Å². The number of hydrogen-bond donors (Lipinski definition) is 4. The Kier molecular flexibility index (Phi) is 8.24. The molecule has 4 N–H and O–H groups in total. The monoisotopic (exact) mass is 652 g/mol.